The van der Waals surface area contributed by atoms with E-state index in [1.54, 1.807) is 11.1 Å². The number of amides is 2. The number of likely N-dealkylation sites (tertiary alicyclic amines) is 1. The van der Waals surface area contributed by atoms with Crippen LogP contribution in [0.15, 0.2) is 24.5 Å². The molecule has 0 radical (unpaired) electrons. The van der Waals surface area contributed by atoms with Crippen LogP contribution in [0.4, 0.5) is 4.79 Å². The Morgan fingerprint density at radius 3 is 2.68 bits per heavy atom. The van der Waals surface area contributed by atoms with E-state index < -0.39 is 0 Å². The fraction of sp³-hybridized carbons (Fsp3) is 0.696. The molecule has 0 spiro atoms. The summed E-state index contributed by atoms with van der Waals surface area (Å²) < 4.78 is 11.4. The van der Waals surface area contributed by atoms with E-state index in [4.69, 9.17) is 9.47 Å². The third kappa shape index (κ3) is 6.90. The Morgan fingerprint density at radius 2 is 2.03 bits per heavy atom. The molecule has 2 aliphatic heterocycles. The van der Waals surface area contributed by atoms with Crippen molar-refractivity contribution in [3.05, 3.63) is 30.1 Å². The second kappa shape index (κ2) is 11.4. The molecule has 31 heavy (non-hydrogen) atoms. The van der Waals surface area contributed by atoms with E-state index in [0.29, 0.717) is 51.9 Å². The lowest BCUT2D eigenvalue weighted by atomic mass is 10.0. The van der Waals surface area contributed by atoms with E-state index in [1.807, 2.05) is 30.2 Å². The molecule has 8 nitrogen and oxygen atoms in total. The van der Waals surface area contributed by atoms with Crippen LogP contribution >= 0.6 is 0 Å². The van der Waals surface area contributed by atoms with Crippen LogP contribution in [0.2, 0.25) is 0 Å². The molecule has 2 saturated heterocycles. The molecular weight excluding hydrogens is 396 g/mol. The second-order valence-electron chi connectivity index (χ2n) is 8.83. The third-order valence-corrected chi connectivity index (χ3v) is 5.85. The summed E-state index contributed by atoms with van der Waals surface area (Å²) in [7, 11) is 0. The highest BCUT2D eigenvalue weighted by Gasteiger charge is 2.34. The van der Waals surface area contributed by atoms with Crippen molar-refractivity contribution < 1.29 is 19.1 Å². The van der Waals surface area contributed by atoms with Crippen LogP contribution < -0.4 is 0 Å². The van der Waals surface area contributed by atoms with E-state index in [0.717, 1.165) is 24.9 Å². The number of carbonyl (C=O) groups excluding carboxylic acids is 2. The molecule has 1 aromatic heterocycles. The summed E-state index contributed by atoms with van der Waals surface area (Å²) >= 11 is 0. The van der Waals surface area contributed by atoms with Crippen LogP contribution in [0.3, 0.4) is 0 Å². The summed E-state index contributed by atoms with van der Waals surface area (Å²) in [6, 6.07) is 4.17. The molecule has 1 aromatic rings. The summed E-state index contributed by atoms with van der Waals surface area (Å²) in [5, 5.41) is 0. The number of aromatic nitrogens is 1. The fourth-order valence-electron chi connectivity index (χ4n) is 4.33. The number of rotatable bonds is 7. The molecule has 8 heteroatoms. The number of nitrogens with zero attached hydrogens (tertiary/aromatic N) is 4. The minimum atomic E-state index is -0.242. The average Bonchev–Trinajstić information content (AvgIpc) is 2.91. The van der Waals surface area contributed by atoms with Gasteiger partial charge in [0.2, 0.25) is 5.91 Å². The molecule has 3 heterocycles. The Bertz CT molecular complexity index is 707. The predicted molar refractivity (Wildman–Crippen MR) is 117 cm³/mol. The first kappa shape index (κ1) is 23.5. The summed E-state index contributed by atoms with van der Waals surface area (Å²) in [6.07, 6.45) is 4.94. The van der Waals surface area contributed by atoms with Gasteiger partial charge in [-0.1, -0.05) is 19.9 Å². The van der Waals surface area contributed by atoms with Gasteiger partial charge >= 0.3 is 6.09 Å². The number of hydrogen-bond acceptors (Lipinski definition) is 6. The number of carbonyl (C=O) groups is 2. The predicted octanol–water partition coefficient (Wildman–Crippen LogP) is 2.39. The molecule has 172 valence electrons. The first-order valence-corrected chi connectivity index (χ1v) is 11.4. The Hall–Kier alpha value is -2.19. The van der Waals surface area contributed by atoms with Gasteiger partial charge < -0.3 is 19.3 Å². The lowest BCUT2D eigenvalue weighted by Crippen LogP contribution is -2.49. The zero-order chi connectivity index (χ0) is 22.2. The molecule has 2 aliphatic rings. The highest BCUT2D eigenvalue weighted by Crippen LogP contribution is 2.21. The van der Waals surface area contributed by atoms with Crippen molar-refractivity contribution >= 4 is 12.0 Å². The standard InChI is InChI=1S/C23H36N4O4/c1-4-30-23(29)25-10-7-20(8-11-25)26-14-21(31-17-19-6-5-9-24-12-19)15-27(13-18(2)3)22(28)16-26/h5-6,9,12,18,20-21H,4,7-8,10-11,13-17H2,1-3H3. The third-order valence-electron chi connectivity index (χ3n) is 5.85. The topological polar surface area (TPSA) is 75.2 Å². The molecule has 0 saturated carbocycles. The molecule has 0 aliphatic carbocycles. The zero-order valence-electron chi connectivity index (χ0n) is 19.0. The fourth-order valence-corrected chi connectivity index (χ4v) is 4.33. The molecule has 0 N–H and O–H groups in total. The SMILES string of the molecule is CCOC(=O)N1CCC(N2CC(=O)N(CC(C)C)CC(OCc3cccnc3)C2)CC1. The maximum atomic E-state index is 13.0. The normalized spacial score (nSPS) is 21.4. The summed E-state index contributed by atoms with van der Waals surface area (Å²) in [5.41, 5.74) is 1.03. The Labute approximate surface area is 185 Å². The van der Waals surface area contributed by atoms with Gasteiger partial charge in [-0.2, -0.15) is 0 Å². The van der Waals surface area contributed by atoms with Crippen molar-refractivity contribution in [3.63, 3.8) is 0 Å². The largest absolute Gasteiger partial charge is 0.450 e. The van der Waals surface area contributed by atoms with Crippen LogP contribution in [0, 0.1) is 5.92 Å². The first-order chi connectivity index (χ1) is 15.0. The van der Waals surface area contributed by atoms with Gasteiger partial charge in [0.25, 0.3) is 0 Å². The van der Waals surface area contributed by atoms with Gasteiger partial charge in [0.15, 0.2) is 0 Å². The van der Waals surface area contributed by atoms with Gasteiger partial charge in [0.1, 0.15) is 0 Å². The molecule has 0 aromatic carbocycles. The van der Waals surface area contributed by atoms with Gasteiger partial charge in [0.05, 0.1) is 25.9 Å². The van der Waals surface area contributed by atoms with Crippen molar-refractivity contribution in [2.24, 2.45) is 5.92 Å². The number of hydrogen-bond donors (Lipinski definition) is 0. The van der Waals surface area contributed by atoms with Crippen LogP contribution in [-0.4, -0.2) is 89.7 Å². The van der Waals surface area contributed by atoms with E-state index >= 15 is 0 Å². The maximum absolute atomic E-state index is 13.0. The molecule has 1 atom stereocenters. The summed E-state index contributed by atoms with van der Waals surface area (Å²) in [5.74, 6) is 0.566. The van der Waals surface area contributed by atoms with Gasteiger partial charge in [-0.25, -0.2) is 4.79 Å². The minimum Gasteiger partial charge on any atom is -0.450 e. The monoisotopic (exact) mass is 432 g/mol. The highest BCUT2D eigenvalue weighted by molar-refractivity contribution is 5.78. The van der Waals surface area contributed by atoms with E-state index in [-0.39, 0.29) is 24.1 Å². The number of piperidine rings is 1. The van der Waals surface area contributed by atoms with Crippen molar-refractivity contribution in [1.82, 2.24) is 19.7 Å². The molecular formula is C23H36N4O4. The molecule has 2 fully saturated rings. The van der Waals surface area contributed by atoms with Crippen LogP contribution in [0.5, 0.6) is 0 Å². The highest BCUT2D eigenvalue weighted by atomic mass is 16.6. The van der Waals surface area contributed by atoms with Crippen molar-refractivity contribution in [1.29, 1.82) is 0 Å². The summed E-state index contributed by atoms with van der Waals surface area (Å²) in [6.45, 7) is 10.7. The smallest absolute Gasteiger partial charge is 0.409 e. The van der Waals surface area contributed by atoms with E-state index in [2.05, 4.69) is 23.7 Å². The van der Waals surface area contributed by atoms with Gasteiger partial charge in [-0.05, 0) is 37.3 Å². The maximum Gasteiger partial charge on any atom is 0.409 e. The second-order valence-corrected chi connectivity index (χ2v) is 8.83. The molecule has 0 bridgehead atoms. The lowest BCUT2D eigenvalue weighted by Gasteiger charge is -2.37. The molecule has 1 unspecified atom stereocenters. The van der Waals surface area contributed by atoms with Gasteiger partial charge in [-0.15, -0.1) is 0 Å². The van der Waals surface area contributed by atoms with Gasteiger partial charge in [-0.3, -0.25) is 14.7 Å². The Kier molecular flexibility index (Phi) is 8.66. The Morgan fingerprint density at radius 1 is 1.26 bits per heavy atom. The summed E-state index contributed by atoms with van der Waals surface area (Å²) in [4.78, 5) is 35.2. The van der Waals surface area contributed by atoms with Crippen LogP contribution in [-0.2, 0) is 20.9 Å². The zero-order valence-corrected chi connectivity index (χ0v) is 19.0. The first-order valence-electron chi connectivity index (χ1n) is 11.4. The molecule has 3 rings (SSSR count). The number of ether oxygens (including phenoxy) is 2. The lowest BCUT2D eigenvalue weighted by molar-refractivity contribution is -0.132. The van der Waals surface area contributed by atoms with Crippen molar-refractivity contribution in [3.8, 4) is 0 Å². The number of pyridine rings is 1. The Balaban J connectivity index is 1.64. The van der Waals surface area contributed by atoms with Gasteiger partial charge in [0, 0.05) is 51.2 Å². The average molecular weight is 433 g/mol. The van der Waals surface area contributed by atoms with E-state index in [1.165, 1.54) is 0 Å². The quantitative estimate of drug-likeness (QED) is 0.659. The van der Waals surface area contributed by atoms with Crippen molar-refractivity contribution in [2.75, 3.05) is 45.9 Å². The molecule has 2 amide bonds. The van der Waals surface area contributed by atoms with Crippen LogP contribution in [0.1, 0.15) is 39.2 Å². The van der Waals surface area contributed by atoms with Crippen LogP contribution in [0.25, 0.3) is 0 Å². The van der Waals surface area contributed by atoms with E-state index in [9.17, 15) is 9.59 Å². The van der Waals surface area contributed by atoms with Crippen molar-refractivity contribution in [2.45, 2.75) is 52.4 Å². The minimum absolute atomic E-state index is 0.0616.